The van der Waals surface area contributed by atoms with E-state index in [0.717, 1.165) is 15.6 Å². The van der Waals surface area contributed by atoms with E-state index in [1.807, 2.05) is 25.1 Å². The van der Waals surface area contributed by atoms with Crippen LogP contribution in [-0.2, 0) is 6.54 Å². The van der Waals surface area contributed by atoms with Crippen molar-refractivity contribution in [2.75, 3.05) is 0 Å². The van der Waals surface area contributed by atoms with Crippen LogP contribution in [0.1, 0.15) is 25.3 Å². The molecule has 4 nitrogen and oxygen atoms in total. The van der Waals surface area contributed by atoms with Gasteiger partial charge in [-0.15, -0.1) is 10.2 Å². The van der Waals surface area contributed by atoms with E-state index in [-0.39, 0.29) is 0 Å². The normalized spacial score (nSPS) is 11.2. The largest absolute Gasteiger partial charge is 0.419 e. The van der Waals surface area contributed by atoms with Gasteiger partial charge in [-0.05, 0) is 35.0 Å². The maximum atomic E-state index is 5.64. The van der Waals surface area contributed by atoms with Gasteiger partial charge in [-0.2, -0.15) is 0 Å². The van der Waals surface area contributed by atoms with Crippen LogP contribution in [0.15, 0.2) is 27.1 Å². The molecule has 0 amide bonds. The molecule has 0 fully saturated rings. The second-order valence-electron chi connectivity index (χ2n) is 4.52. The number of aromatic nitrogens is 2. The van der Waals surface area contributed by atoms with Crippen LogP contribution in [0.2, 0.25) is 0 Å². The van der Waals surface area contributed by atoms with Gasteiger partial charge < -0.3 is 9.73 Å². The van der Waals surface area contributed by atoms with Gasteiger partial charge in [0.1, 0.15) is 0 Å². The highest BCUT2D eigenvalue weighted by atomic mass is 79.9. The number of hydrogen-bond donors (Lipinski definition) is 1. The molecule has 0 radical (unpaired) electrons. The highest BCUT2D eigenvalue weighted by molar-refractivity contribution is 9.10. The summed E-state index contributed by atoms with van der Waals surface area (Å²) in [6, 6.07) is 6.44. The smallest absolute Gasteiger partial charge is 0.248 e. The first-order valence-electron chi connectivity index (χ1n) is 5.88. The van der Waals surface area contributed by atoms with Crippen LogP contribution in [0.4, 0.5) is 0 Å². The predicted octanol–water partition coefficient (Wildman–Crippen LogP) is 3.31. The molecule has 18 heavy (non-hydrogen) atoms. The SMILES string of the molecule is Cc1ccc(Br)c(-c2nnc(CNC(C)C)o2)c1. The van der Waals surface area contributed by atoms with Gasteiger partial charge in [-0.3, -0.25) is 0 Å². The molecular weight excluding hydrogens is 294 g/mol. The van der Waals surface area contributed by atoms with Crippen LogP contribution >= 0.6 is 15.9 Å². The highest BCUT2D eigenvalue weighted by Crippen LogP contribution is 2.28. The van der Waals surface area contributed by atoms with Crippen molar-refractivity contribution in [1.82, 2.24) is 15.5 Å². The number of nitrogens with one attached hydrogen (secondary N) is 1. The molecule has 0 spiro atoms. The molecule has 0 unspecified atom stereocenters. The molecule has 5 heteroatoms. The Kier molecular flexibility index (Phi) is 4.14. The molecule has 0 saturated carbocycles. The van der Waals surface area contributed by atoms with Gasteiger partial charge in [-0.1, -0.05) is 25.5 Å². The minimum atomic E-state index is 0.394. The maximum Gasteiger partial charge on any atom is 0.248 e. The van der Waals surface area contributed by atoms with Crippen LogP contribution in [-0.4, -0.2) is 16.2 Å². The van der Waals surface area contributed by atoms with Crippen molar-refractivity contribution in [2.24, 2.45) is 0 Å². The lowest BCUT2D eigenvalue weighted by molar-refractivity contribution is 0.458. The molecule has 0 aliphatic heterocycles. The van der Waals surface area contributed by atoms with E-state index in [0.29, 0.717) is 24.4 Å². The zero-order chi connectivity index (χ0) is 13.1. The van der Waals surface area contributed by atoms with E-state index < -0.39 is 0 Å². The molecule has 1 N–H and O–H groups in total. The number of aryl methyl sites for hydroxylation is 1. The number of halogens is 1. The van der Waals surface area contributed by atoms with Crippen molar-refractivity contribution in [1.29, 1.82) is 0 Å². The third kappa shape index (κ3) is 3.17. The fourth-order valence-electron chi connectivity index (χ4n) is 1.53. The van der Waals surface area contributed by atoms with Crippen LogP contribution in [0, 0.1) is 6.92 Å². The zero-order valence-corrected chi connectivity index (χ0v) is 12.3. The summed E-state index contributed by atoms with van der Waals surface area (Å²) in [5.74, 6) is 1.15. The van der Waals surface area contributed by atoms with Crippen molar-refractivity contribution >= 4 is 15.9 Å². The average Bonchev–Trinajstić information content (AvgIpc) is 2.78. The van der Waals surface area contributed by atoms with Crippen molar-refractivity contribution < 1.29 is 4.42 Å². The molecule has 1 aromatic carbocycles. The Hall–Kier alpha value is -1.20. The van der Waals surface area contributed by atoms with Gasteiger partial charge in [-0.25, -0.2) is 0 Å². The number of hydrogen-bond acceptors (Lipinski definition) is 4. The molecule has 2 aromatic rings. The van der Waals surface area contributed by atoms with Gasteiger partial charge in [0.05, 0.1) is 12.1 Å². The molecule has 0 aliphatic rings. The zero-order valence-electron chi connectivity index (χ0n) is 10.7. The van der Waals surface area contributed by atoms with Crippen LogP contribution in [0.5, 0.6) is 0 Å². The van der Waals surface area contributed by atoms with Crippen LogP contribution in [0.25, 0.3) is 11.5 Å². The van der Waals surface area contributed by atoms with Gasteiger partial charge in [0.15, 0.2) is 0 Å². The lowest BCUT2D eigenvalue weighted by Crippen LogP contribution is -2.21. The lowest BCUT2D eigenvalue weighted by atomic mass is 10.1. The van der Waals surface area contributed by atoms with E-state index in [4.69, 9.17) is 4.42 Å². The Bertz CT molecular complexity index is 537. The summed E-state index contributed by atoms with van der Waals surface area (Å²) in [7, 11) is 0. The van der Waals surface area contributed by atoms with E-state index in [9.17, 15) is 0 Å². The van der Waals surface area contributed by atoms with Gasteiger partial charge in [0.2, 0.25) is 11.8 Å². The fourth-order valence-corrected chi connectivity index (χ4v) is 1.94. The number of benzene rings is 1. The summed E-state index contributed by atoms with van der Waals surface area (Å²) in [5, 5.41) is 11.4. The van der Waals surface area contributed by atoms with Crippen molar-refractivity contribution in [2.45, 2.75) is 33.4 Å². The molecule has 1 aromatic heterocycles. The minimum Gasteiger partial charge on any atom is -0.419 e. The van der Waals surface area contributed by atoms with Crippen LogP contribution < -0.4 is 5.32 Å². The van der Waals surface area contributed by atoms with E-state index in [1.54, 1.807) is 0 Å². The molecule has 0 bridgehead atoms. The third-order valence-corrected chi connectivity index (χ3v) is 3.17. The molecule has 0 saturated heterocycles. The lowest BCUT2D eigenvalue weighted by Gasteiger charge is -2.03. The average molecular weight is 310 g/mol. The Morgan fingerprint density at radius 2 is 2.11 bits per heavy atom. The summed E-state index contributed by atoms with van der Waals surface area (Å²) < 4.78 is 6.60. The fraction of sp³-hybridized carbons (Fsp3) is 0.385. The van der Waals surface area contributed by atoms with Crippen molar-refractivity contribution in [3.63, 3.8) is 0 Å². The molecule has 0 aliphatic carbocycles. The Morgan fingerprint density at radius 3 is 2.83 bits per heavy atom. The van der Waals surface area contributed by atoms with Gasteiger partial charge in [0, 0.05) is 10.5 Å². The van der Waals surface area contributed by atoms with Crippen LogP contribution in [0.3, 0.4) is 0 Å². The molecule has 0 atom stereocenters. The number of nitrogens with zero attached hydrogens (tertiary/aromatic N) is 2. The van der Waals surface area contributed by atoms with E-state index in [2.05, 4.69) is 45.3 Å². The standard InChI is InChI=1S/C13H16BrN3O/c1-8(2)15-7-12-16-17-13(18-12)10-6-9(3)4-5-11(10)14/h4-6,8,15H,7H2,1-3H3. The Morgan fingerprint density at radius 1 is 1.33 bits per heavy atom. The van der Waals surface area contributed by atoms with Gasteiger partial charge in [0.25, 0.3) is 0 Å². The van der Waals surface area contributed by atoms with E-state index in [1.165, 1.54) is 0 Å². The minimum absolute atomic E-state index is 0.394. The topological polar surface area (TPSA) is 51.0 Å². The second kappa shape index (κ2) is 5.63. The van der Waals surface area contributed by atoms with Crippen molar-refractivity contribution in [3.05, 3.63) is 34.1 Å². The van der Waals surface area contributed by atoms with Crippen molar-refractivity contribution in [3.8, 4) is 11.5 Å². The summed E-state index contributed by atoms with van der Waals surface area (Å²) in [6.45, 7) is 6.78. The quantitative estimate of drug-likeness (QED) is 0.941. The maximum absolute atomic E-state index is 5.64. The number of rotatable bonds is 4. The van der Waals surface area contributed by atoms with E-state index >= 15 is 0 Å². The summed E-state index contributed by atoms with van der Waals surface area (Å²) in [4.78, 5) is 0. The second-order valence-corrected chi connectivity index (χ2v) is 5.37. The highest BCUT2D eigenvalue weighted by Gasteiger charge is 2.11. The first-order chi connectivity index (χ1) is 8.56. The summed E-state index contributed by atoms with van der Waals surface area (Å²) in [5.41, 5.74) is 2.09. The molecular formula is C13H16BrN3O. The molecule has 2 rings (SSSR count). The van der Waals surface area contributed by atoms with Gasteiger partial charge >= 0.3 is 0 Å². The monoisotopic (exact) mass is 309 g/mol. The molecule has 96 valence electrons. The predicted molar refractivity (Wildman–Crippen MR) is 74.1 cm³/mol. The summed E-state index contributed by atoms with van der Waals surface area (Å²) in [6.07, 6.45) is 0. The third-order valence-electron chi connectivity index (χ3n) is 2.48. The summed E-state index contributed by atoms with van der Waals surface area (Å²) >= 11 is 3.50. The Balaban J connectivity index is 2.21. The molecule has 1 heterocycles. The Labute approximate surface area is 115 Å². The first-order valence-corrected chi connectivity index (χ1v) is 6.68. The first kappa shape index (κ1) is 13.2.